The third-order valence-electron chi connectivity index (χ3n) is 1.56. The highest BCUT2D eigenvalue weighted by Gasteiger charge is 2.04. The van der Waals surface area contributed by atoms with E-state index in [0.29, 0.717) is 5.52 Å². The van der Waals surface area contributed by atoms with Crippen LogP contribution in [0.15, 0.2) is 24.4 Å². The molecule has 2 rings (SSSR count). The van der Waals surface area contributed by atoms with E-state index in [1.165, 1.54) is 6.07 Å². The second-order valence-electron chi connectivity index (χ2n) is 2.44. The molecule has 5 nitrogen and oxygen atoms in total. The minimum Gasteiger partial charge on any atom is -0.449 e. The van der Waals surface area contributed by atoms with Gasteiger partial charge in [-0.3, -0.25) is 4.98 Å². The van der Waals surface area contributed by atoms with Gasteiger partial charge in [0.05, 0.1) is 11.0 Å². The summed E-state index contributed by atoms with van der Waals surface area (Å²) in [5.74, 6) is 0.182. The second kappa shape index (κ2) is 2.78. The zero-order chi connectivity index (χ0) is 9.26. The van der Waals surface area contributed by atoms with Gasteiger partial charge < -0.3 is 14.8 Å². The number of nitrogens with zero attached hydrogens (tertiary/aromatic N) is 1. The molecule has 0 atom stereocenters. The largest absolute Gasteiger partial charge is 0.512 e. The zero-order valence-electron chi connectivity index (χ0n) is 6.52. The monoisotopic (exact) mass is 178 g/mol. The smallest absolute Gasteiger partial charge is 0.449 e. The first kappa shape index (κ1) is 7.60. The fourth-order valence-corrected chi connectivity index (χ4v) is 1.08. The first-order valence-electron chi connectivity index (χ1n) is 3.60. The molecule has 0 spiro atoms. The number of hydrogen-bond donors (Lipinski definition) is 2. The molecule has 0 saturated heterocycles. The molecule has 5 heteroatoms. The van der Waals surface area contributed by atoms with Gasteiger partial charge in [-0.2, -0.15) is 0 Å². The molecule has 66 valence electrons. The standard InChI is InChI=1S/C8H6N2O3/c11-8(12)13-7-4-6-5(10-7)2-1-3-9-6/h1-4,10H,(H,11,12). The van der Waals surface area contributed by atoms with Crippen LogP contribution >= 0.6 is 0 Å². The first-order chi connectivity index (χ1) is 6.25. The van der Waals surface area contributed by atoms with Crippen LogP contribution in [-0.2, 0) is 0 Å². The Hall–Kier alpha value is -2.04. The predicted molar refractivity (Wildman–Crippen MR) is 44.7 cm³/mol. The van der Waals surface area contributed by atoms with Crippen molar-refractivity contribution in [1.82, 2.24) is 9.97 Å². The average Bonchev–Trinajstić information content (AvgIpc) is 2.44. The molecule has 0 aromatic carbocycles. The number of H-pyrrole nitrogens is 1. The zero-order valence-corrected chi connectivity index (χ0v) is 6.52. The molecule has 0 bridgehead atoms. The van der Waals surface area contributed by atoms with Crippen LogP contribution in [0.3, 0.4) is 0 Å². The van der Waals surface area contributed by atoms with E-state index in [-0.39, 0.29) is 5.88 Å². The van der Waals surface area contributed by atoms with Gasteiger partial charge in [0.25, 0.3) is 0 Å². The second-order valence-corrected chi connectivity index (χ2v) is 2.44. The lowest BCUT2D eigenvalue weighted by atomic mass is 10.4. The molecule has 0 amide bonds. The molecule has 2 aromatic heterocycles. The molecule has 0 fully saturated rings. The summed E-state index contributed by atoms with van der Waals surface area (Å²) in [6.07, 6.45) is 0.285. The van der Waals surface area contributed by atoms with Gasteiger partial charge in [0.1, 0.15) is 0 Å². The van der Waals surface area contributed by atoms with E-state index in [0.717, 1.165) is 5.52 Å². The van der Waals surface area contributed by atoms with Crippen LogP contribution in [0.25, 0.3) is 11.0 Å². The van der Waals surface area contributed by atoms with Gasteiger partial charge in [0.15, 0.2) is 0 Å². The van der Waals surface area contributed by atoms with Crippen molar-refractivity contribution in [2.45, 2.75) is 0 Å². The molecule has 0 aliphatic rings. The van der Waals surface area contributed by atoms with Crippen molar-refractivity contribution in [1.29, 1.82) is 0 Å². The van der Waals surface area contributed by atoms with Crippen molar-refractivity contribution < 1.29 is 14.6 Å². The lowest BCUT2D eigenvalue weighted by Crippen LogP contribution is -2.02. The van der Waals surface area contributed by atoms with Crippen molar-refractivity contribution in [3.8, 4) is 5.88 Å². The quantitative estimate of drug-likeness (QED) is 0.650. The highest BCUT2D eigenvalue weighted by atomic mass is 16.7. The van der Waals surface area contributed by atoms with Crippen LogP contribution < -0.4 is 4.74 Å². The molecular formula is C8H6N2O3. The first-order valence-corrected chi connectivity index (χ1v) is 3.60. The van der Waals surface area contributed by atoms with Crippen LogP contribution in [0.5, 0.6) is 5.88 Å². The van der Waals surface area contributed by atoms with Crippen LogP contribution in [0.1, 0.15) is 0 Å². The Morgan fingerprint density at radius 3 is 3.15 bits per heavy atom. The summed E-state index contributed by atoms with van der Waals surface area (Å²) in [4.78, 5) is 16.9. The fourth-order valence-electron chi connectivity index (χ4n) is 1.08. The molecule has 0 unspecified atom stereocenters. The molecule has 2 aromatic rings. The number of nitrogens with one attached hydrogen (secondary N) is 1. The number of hydrogen-bond acceptors (Lipinski definition) is 3. The predicted octanol–water partition coefficient (Wildman–Crippen LogP) is 1.62. The summed E-state index contributed by atoms with van der Waals surface area (Å²) < 4.78 is 4.42. The third-order valence-corrected chi connectivity index (χ3v) is 1.56. The van der Waals surface area contributed by atoms with E-state index in [9.17, 15) is 4.79 Å². The highest BCUT2D eigenvalue weighted by molar-refractivity contribution is 5.77. The third kappa shape index (κ3) is 1.44. The van der Waals surface area contributed by atoms with E-state index in [2.05, 4.69) is 14.7 Å². The van der Waals surface area contributed by atoms with Gasteiger partial charge in [-0.1, -0.05) is 0 Å². The van der Waals surface area contributed by atoms with E-state index in [4.69, 9.17) is 5.11 Å². The number of aromatic amines is 1. The maximum atomic E-state index is 10.2. The Morgan fingerprint density at radius 1 is 1.62 bits per heavy atom. The van der Waals surface area contributed by atoms with Gasteiger partial charge in [-0.15, -0.1) is 0 Å². The van der Waals surface area contributed by atoms with Crippen molar-refractivity contribution in [2.75, 3.05) is 0 Å². The summed E-state index contributed by atoms with van der Waals surface area (Å²) in [5, 5.41) is 8.33. The lowest BCUT2D eigenvalue weighted by molar-refractivity contribution is 0.143. The maximum Gasteiger partial charge on any atom is 0.512 e. The molecule has 0 aliphatic carbocycles. The molecule has 0 radical (unpaired) electrons. The number of carbonyl (C=O) groups is 1. The number of carboxylic acid groups (broad SMARTS) is 1. The van der Waals surface area contributed by atoms with Gasteiger partial charge in [-0.25, -0.2) is 4.79 Å². The van der Waals surface area contributed by atoms with Crippen molar-refractivity contribution in [2.24, 2.45) is 0 Å². The summed E-state index contributed by atoms with van der Waals surface area (Å²) >= 11 is 0. The average molecular weight is 178 g/mol. The van der Waals surface area contributed by atoms with E-state index in [1.54, 1.807) is 18.3 Å². The minimum atomic E-state index is -1.34. The number of fused-ring (bicyclic) bond motifs is 1. The summed E-state index contributed by atoms with van der Waals surface area (Å²) in [6.45, 7) is 0. The van der Waals surface area contributed by atoms with Gasteiger partial charge in [-0.05, 0) is 12.1 Å². The number of pyridine rings is 1. The van der Waals surface area contributed by atoms with E-state index in [1.807, 2.05) is 0 Å². The van der Waals surface area contributed by atoms with E-state index < -0.39 is 6.16 Å². The van der Waals surface area contributed by atoms with Crippen molar-refractivity contribution in [3.05, 3.63) is 24.4 Å². The Balaban J connectivity index is 2.44. The van der Waals surface area contributed by atoms with Crippen LogP contribution in [0.2, 0.25) is 0 Å². The SMILES string of the molecule is O=C(O)Oc1cc2ncccc2[nH]1. The Morgan fingerprint density at radius 2 is 2.46 bits per heavy atom. The van der Waals surface area contributed by atoms with Gasteiger partial charge in [0.2, 0.25) is 5.88 Å². The van der Waals surface area contributed by atoms with Gasteiger partial charge in [0, 0.05) is 12.3 Å². The molecule has 0 aliphatic heterocycles. The lowest BCUT2D eigenvalue weighted by Gasteiger charge is -1.91. The Bertz CT molecular complexity index is 416. The summed E-state index contributed by atoms with van der Waals surface area (Å²) in [6, 6.07) is 5.07. The number of rotatable bonds is 1. The molecule has 2 heterocycles. The summed E-state index contributed by atoms with van der Waals surface area (Å²) in [7, 11) is 0. The van der Waals surface area contributed by atoms with E-state index >= 15 is 0 Å². The summed E-state index contributed by atoms with van der Waals surface area (Å²) in [5.41, 5.74) is 1.43. The number of aromatic nitrogens is 2. The molecule has 0 saturated carbocycles. The van der Waals surface area contributed by atoms with Gasteiger partial charge >= 0.3 is 6.16 Å². The topological polar surface area (TPSA) is 75.2 Å². The molecule has 2 N–H and O–H groups in total. The van der Waals surface area contributed by atoms with Crippen molar-refractivity contribution >= 4 is 17.2 Å². The normalized spacial score (nSPS) is 10.2. The number of ether oxygens (including phenoxy) is 1. The highest BCUT2D eigenvalue weighted by Crippen LogP contribution is 2.17. The fraction of sp³-hybridized carbons (Fsp3) is 0. The van der Waals surface area contributed by atoms with Crippen molar-refractivity contribution in [3.63, 3.8) is 0 Å². The molecular weight excluding hydrogens is 172 g/mol. The molecule has 13 heavy (non-hydrogen) atoms. The Labute approximate surface area is 73.0 Å². The van der Waals surface area contributed by atoms with Crippen LogP contribution in [-0.4, -0.2) is 21.2 Å². The minimum absolute atomic E-state index is 0.182. The Kier molecular flexibility index (Phi) is 1.63. The van der Waals surface area contributed by atoms with Crippen LogP contribution in [0.4, 0.5) is 4.79 Å². The maximum absolute atomic E-state index is 10.2. The van der Waals surface area contributed by atoms with Crippen LogP contribution in [0, 0.1) is 0 Å².